The zero-order valence-electron chi connectivity index (χ0n) is 17.3. The molecule has 1 saturated carbocycles. The van der Waals surface area contributed by atoms with Gasteiger partial charge in [0.15, 0.2) is 6.61 Å². The first-order valence-electron chi connectivity index (χ1n) is 10.1. The van der Waals surface area contributed by atoms with Crippen LogP contribution in [0.2, 0.25) is 0 Å². The van der Waals surface area contributed by atoms with Crippen molar-refractivity contribution in [1.82, 2.24) is 4.90 Å². The third-order valence-corrected chi connectivity index (χ3v) is 6.72. The molecule has 1 aliphatic rings. The predicted octanol–water partition coefficient (Wildman–Crippen LogP) is 4.55. The van der Waals surface area contributed by atoms with Gasteiger partial charge in [0, 0.05) is 16.8 Å². The van der Waals surface area contributed by atoms with Crippen molar-refractivity contribution in [1.29, 1.82) is 10.5 Å². The van der Waals surface area contributed by atoms with Gasteiger partial charge < -0.3 is 9.64 Å². The molecule has 7 heteroatoms. The maximum Gasteiger partial charge on any atom is 0.339 e. The van der Waals surface area contributed by atoms with Crippen LogP contribution in [0.3, 0.4) is 0 Å². The molecule has 6 nitrogen and oxygen atoms in total. The molecule has 2 aromatic carbocycles. The number of rotatable bonds is 6. The summed E-state index contributed by atoms with van der Waals surface area (Å²) in [5.41, 5.74) is 0.0152. The highest BCUT2D eigenvalue weighted by Gasteiger charge is 2.39. The van der Waals surface area contributed by atoms with Gasteiger partial charge in [-0.05, 0) is 37.1 Å². The van der Waals surface area contributed by atoms with E-state index in [0.717, 1.165) is 24.2 Å². The van der Waals surface area contributed by atoms with Crippen molar-refractivity contribution in [3.05, 3.63) is 59.7 Å². The Morgan fingerprint density at radius 3 is 2.35 bits per heavy atom. The van der Waals surface area contributed by atoms with E-state index in [2.05, 4.69) is 12.1 Å². The lowest BCUT2D eigenvalue weighted by Crippen LogP contribution is -2.51. The van der Waals surface area contributed by atoms with E-state index in [-0.39, 0.29) is 0 Å². The summed E-state index contributed by atoms with van der Waals surface area (Å²) in [6, 6.07) is 18.5. The molecule has 0 aliphatic heterocycles. The number of esters is 1. The molecule has 1 amide bonds. The second-order valence-corrected chi connectivity index (χ2v) is 8.52. The number of benzene rings is 2. The standard InChI is InChI=1S/C24H23N3O3S/c1-27(24(17-26)13-7-2-8-14-24)22(28)16-30-23(29)19-10-4-6-12-21(19)31-20-11-5-3-9-18(20)15-25/h3-6,9-12H,2,7-8,13-14,16H2,1H3. The number of likely N-dealkylation sites (N-methyl/N-ethyl adjacent to an activating group) is 1. The van der Waals surface area contributed by atoms with E-state index in [0.29, 0.717) is 28.9 Å². The highest BCUT2D eigenvalue weighted by atomic mass is 32.2. The Balaban J connectivity index is 1.69. The molecule has 0 radical (unpaired) electrons. The fourth-order valence-corrected chi connectivity index (χ4v) is 4.71. The fourth-order valence-electron chi connectivity index (χ4n) is 3.69. The number of hydrogen-bond donors (Lipinski definition) is 0. The molecule has 0 N–H and O–H groups in total. The second kappa shape index (κ2) is 10.1. The zero-order chi connectivity index (χ0) is 22.3. The molecule has 0 aromatic heterocycles. The Labute approximate surface area is 186 Å². The number of carbonyl (C=O) groups excluding carboxylic acids is 2. The molecular weight excluding hydrogens is 410 g/mol. The van der Waals surface area contributed by atoms with Crippen LogP contribution in [0.1, 0.15) is 48.0 Å². The van der Waals surface area contributed by atoms with E-state index in [1.807, 2.05) is 12.1 Å². The first-order valence-corrected chi connectivity index (χ1v) is 10.9. The fraction of sp³-hybridized carbons (Fsp3) is 0.333. The third kappa shape index (κ3) is 5.07. The lowest BCUT2D eigenvalue weighted by molar-refractivity contribution is -0.138. The van der Waals surface area contributed by atoms with Crippen molar-refractivity contribution >= 4 is 23.6 Å². The molecule has 2 aromatic rings. The molecule has 1 fully saturated rings. The van der Waals surface area contributed by atoms with Crippen LogP contribution >= 0.6 is 11.8 Å². The minimum Gasteiger partial charge on any atom is -0.452 e. The molecule has 3 rings (SSSR count). The lowest BCUT2D eigenvalue weighted by Gasteiger charge is -2.38. The topological polar surface area (TPSA) is 94.2 Å². The van der Waals surface area contributed by atoms with Crippen LogP contribution in [0.15, 0.2) is 58.3 Å². The quantitative estimate of drug-likeness (QED) is 0.620. The van der Waals surface area contributed by atoms with Crippen molar-refractivity contribution in [3.63, 3.8) is 0 Å². The predicted molar refractivity (Wildman–Crippen MR) is 116 cm³/mol. The number of amides is 1. The molecule has 158 valence electrons. The van der Waals surface area contributed by atoms with Gasteiger partial charge >= 0.3 is 5.97 Å². The van der Waals surface area contributed by atoms with Gasteiger partial charge in [-0.2, -0.15) is 10.5 Å². The van der Waals surface area contributed by atoms with Crippen molar-refractivity contribution in [2.75, 3.05) is 13.7 Å². The maximum absolute atomic E-state index is 12.7. The highest BCUT2D eigenvalue weighted by Crippen LogP contribution is 2.34. The van der Waals surface area contributed by atoms with Crippen LogP contribution in [0.25, 0.3) is 0 Å². The lowest BCUT2D eigenvalue weighted by atomic mass is 9.81. The molecule has 1 aliphatic carbocycles. The van der Waals surface area contributed by atoms with Crippen LogP contribution in [0, 0.1) is 22.7 Å². The van der Waals surface area contributed by atoms with Gasteiger partial charge in [-0.15, -0.1) is 0 Å². The van der Waals surface area contributed by atoms with Gasteiger partial charge in [0.25, 0.3) is 5.91 Å². The van der Waals surface area contributed by atoms with E-state index in [9.17, 15) is 20.1 Å². The Morgan fingerprint density at radius 2 is 1.68 bits per heavy atom. The van der Waals surface area contributed by atoms with Crippen molar-refractivity contribution < 1.29 is 14.3 Å². The van der Waals surface area contributed by atoms with E-state index in [1.54, 1.807) is 43.4 Å². The smallest absolute Gasteiger partial charge is 0.339 e. The van der Waals surface area contributed by atoms with E-state index < -0.39 is 24.0 Å². The van der Waals surface area contributed by atoms with Crippen LogP contribution in [0.4, 0.5) is 0 Å². The van der Waals surface area contributed by atoms with Crippen LogP contribution in [0.5, 0.6) is 0 Å². The molecular formula is C24H23N3O3S. The van der Waals surface area contributed by atoms with Gasteiger partial charge in [0.1, 0.15) is 11.6 Å². The monoisotopic (exact) mass is 433 g/mol. The summed E-state index contributed by atoms with van der Waals surface area (Å²) in [7, 11) is 1.60. The Kier molecular flexibility index (Phi) is 7.33. The van der Waals surface area contributed by atoms with Crippen LogP contribution in [-0.2, 0) is 9.53 Å². The Bertz CT molecular complexity index is 1050. The van der Waals surface area contributed by atoms with Gasteiger partial charge in [-0.3, -0.25) is 4.79 Å². The average Bonchev–Trinajstić information content (AvgIpc) is 2.83. The van der Waals surface area contributed by atoms with Crippen LogP contribution in [-0.4, -0.2) is 36.0 Å². The number of nitrogens with zero attached hydrogens (tertiary/aromatic N) is 3. The van der Waals surface area contributed by atoms with Crippen molar-refractivity contribution in [2.24, 2.45) is 0 Å². The van der Waals surface area contributed by atoms with Gasteiger partial charge in [0.2, 0.25) is 0 Å². The molecule has 0 saturated heterocycles. The minimum absolute atomic E-state index is 0.323. The summed E-state index contributed by atoms with van der Waals surface area (Å²) in [6.07, 6.45) is 4.14. The number of nitriles is 2. The maximum atomic E-state index is 12.7. The largest absolute Gasteiger partial charge is 0.452 e. The normalized spacial score (nSPS) is 14.7. The summed E-state index contributed by atoms with van der Waals surface area (Å²) in [4.78, 5) is 28.2. The zero-order valence-corrected chi connectivity index (χ0v) is 18.2. The van der Waals surface area contributed by atoms with Crippen LogP contribution < -0.4 is 0 Å². The first-order chi connectivity index (χ1) is 15.0. The number of ether oxygens (including phenoxy) is 1. The first kappa shape index (κ1) is 22.4. The molecule has 0 bridgehead atoms. The minimum atomic E-state index is -0.823. The number of hydrogen-bond acceptors (Lipinski definition) is 6. The van der Waals surface area contributed by atoms with Gasteiger partial charge in [-0.25, -0.2) is 4.79 Å². The average molecular weight is 434 g/mol. The summed E-state index contributed by atoms with van der Waals surface area (Å²) in [6.45, 7) is -0.424. The van der Waals surface area contributed by atoms with E-state index in [1.165, 1.54) is 16.7 Å². The summed E-state index contributed by atoms with van der Waals surface area (Å²) in [5, 5.41) is 19.0. The molecule has 31 heavy (non-hydrogen) atoms. The summed E-state index contributed by atoms with van der Waals surface area (Å²) < 4.78 is 5.31. The molecule has 0 heterocycles. The Morgan fingerprint density at radius 1 is 1.03 bits per heavy atom. The van der Waals surface area contributed by atoms with Crippen molar-refractivity contribution in [2.45, 2.75) is 47.4 Å². The van der Waals surface area contributed by atoms with E-state index >= 15 is 0 Å². The highest BCUT2D eigenvalue weighted by molar-refractivity contribution is 7.99. The molecule has 0 unspecified atom stereocenters. The molecule has 0 atom stereocenters. The number of carbonyl (C=O) groups is 2. The van der Waals surface area contributed by atoms with E-state index in [4.69, 9.17) is 4.74 Å². The summed E-state index contributed by atoms with van der Waals surface area (Å²) in [5.74, 6) is -1.01. The SMILES string of the molecule is CN(C(=O)COC(=O)c1ccccc1Sc1ccccc1C#N)C1(C#N)CCCCC1. The second-order valence-electron chi connectivity index (χ2n) is 7.44. The third-order valence-electron chi connectivity index (χ3n) is 5.57. The summed E-state index contributed by atoms with van der Waals surface area (Å²) >= 11 is 1.30. The molecule has 0 spiro atoms. The van der Waals surface area contributed by atoms with Gasteiger partial charge in [-0.1, -0.05) is 55.3 Å². The Hall–Kier alpha value is -3.29. The van der Waals surface area contributed by atoms with Gasteiger partial charge in [0.05, 0.1) is 17.2 Å². The van der Waals surface area contributed by atoms with Crippen molar-refractivity contribution in [3.8, 4) is 12.1 Å².